The van der Waals surface area contributed by atoms with E-state index in [1.807, 2.05) is 0 Å². The van der Waals surface area contributed by atoms with Crippen LogP contribution in [-0.2, 0) is 0 Å². The zero-order valence-electron chi connectivity index (χ0n) is 10.8. The molecule has 1 aliphatic heterocycles. The Morgan fingerprint density at radius 1 is 1.35 bits per heavy atom. The fraction of sp³-hybridized carbons (Fsp3) is 0.308. The van der Waals surface area contributed by atoms with Gasteiger partial charge in [-0.3, -0.25) is 14.9 Å². The Bertz CT molecular complexity index is 514. The van der Waals surface area contributed by atoms with Crippen molar-refractivity contribution in [3.8, 4) is 0 Å². The van der Waals surface area contributed by atoms with Crippen molar-refractivity contribution in [1.82, 2.24) is 10.6 Å². The number of rotatable bonds is 4. The second kappa shape index (κ2) is 7.62. The van der Waals surface area contributed by atoms with Gasteiger partial charge >= 0.3 is 0 Å². The molecular formula is C13H16ClN3O3. The van der Waals surface area contributed by atoms with Gasteiger partial charge < -0.3 is 10.6 Å². The largest absolute Gasteiger partial charge is 0.348 e. The third kappa shape index (κ3) is 4.32. The molecule has 0 spiro atoms. The molecule has 7 heteroatoms. The van der Waals surface area contributed by atoms with E-state index in [2.05, 4.69) is 16.7 Å². The van der Waals surface area contributed by atoms with Crippen molar-refractivity contribution in [2.45, 2.75) is 6.42 Å². The van der Waals surface area contributed by atoms with Gasteiger partial charge in [-0.05, 0) is 25.1 Å². The highest BCUT2D eigenvalue weighted by molar-refractivity contribution is 5.94. The Labute approximate surface area is 122 Å². The summed E-state index contributed by atoms with van der Waals surface area (Å²) >= 11 is 0. The minimum atomic E-state index is -0.485. The summed E-state index contributed by atoms with van der Waals surface area (Å²) in [4.78, 5) is 21.9. The lowest BCUT2D eigenvalue weighted by molar-refractivity contribution is -0.384. The lowest BCUT2D eigenvalue weighted by Crippen LogP contribution is -2.29. The highest BCUT2D eigenvalue weighted by Crippen LogP contribution is 2.12. The van der Waals surface area contributed by atoms with Gasteiger partial charge in [-0.15, -0.1) is 12.4 Å². The maximum absolute atomic E-state index is 11.8. The highest BCUT2D eigenvalue weighted by atomic mass is 35.5. The molecule has 6 nitrogen and oxygen atoms in total. The SMILES string of the molecule is Cl.O=C(NCC1=CCNCC1)c1ccc([N+](=O)[O-])cc1. The van der Waals surface area contributed by atoms with E-state index in [4.69, 9.17) is 0 Å². The lowest BCUT2D eigenvalue weighted by Gasteiger charge is -2.14. The summed E-state index contributed by atoms with van der Waals surface area (Å²) in [5.41, 5.74) is 1.62. The van der Waals surface area contributed by atoms with Crippen molar-refractivity contribution in [2.24, 2.45) is 0 Å². The van der Waals surface area contributed by atoms with Crippen molar-refractivity contribution in [2.75, 3.05) is 19.6 Å². The van der Waals surface area contributed by atoms with Gasteiger partial charge in [0.1, 0.15) is 0 Å². The molecule has 2 N–H and O–H groups in total. The Morgan fingerprint density at radius 3 is 2.60 bits per heavy atom. The zero-order valence-corrected chi connectivity index (χ0v) is 11.6. The van der Waals surface area contributed by atoms with Crippen LogP contribution in [0.5, 0.6) is 0 Å². The van der Waals surface area contributed by atoms with E-state index in [0.717, 1.165) is 19.5 Å². The molecule has 0 aliphatic carbocycles. The Kier molecular flexibility index (Phi) is 6.14. The Morgan fingerprint density at radius 2 is 2.05 bits per heavy atom. The number of nitrogens with one attached hydrogen (secondary N) is 2. The maximum Gasteiger partial charge on any atom is 0.269 e. The number of carbonyl (C=O) groups excluding carboxylic acids is 1. The maximum atomic E-state index is 11.8. The van der Waals surface area contributed by atoms with Crippen LogP contribution in [0.1, 0.15) is 16.8 Å². The van der Waals surface area contributed by atoms with Crippen molar-refractivity contribution in [3.63, 3.8) is 0 Å². The second-order valence-electron chi connectivity index (χ2n) is 4.30. The van der Waals surface area contributed by atoms with Crippen LogP contribution in [0, 0.1) is 10.1 Å². The molecule has 0 saturated heterocycles. The molecule has 1 heterocycles. The molecule has 0 radical (unpaired) electrons. The van der Waals surface area contributed by atoms with Crippen LogP contribution in [0.2, 0.25) is 0 Å². The fourth-order valence-corrected chi connectivity index (χ4v) is 1.86. The predicted octanol–water partition coefficient (Wildman–Crippen LogP) is 1.67. The molecular weight excluding hydrogens is 282 g/mol. The number of halogens is 1. The molecule has 2 rings (SSSR count). The molecule has 1 amide bonds. The Hall–Kier alpha value is -1.92. The number of nitrogens with zero attached hydrogens (tertiary/aromatic N) is 1. The first-order valence-electron chi connectivity index (χ1n) is 6.08. The van der Waals surface area contributed by atoms with Crippen LogP contribution < -0.4 is 10.6 Å². The number of nitro groups is 1. The minimum absolute atomic E-state index is 0. The molecule has 0 atom stereocenters. The van der Waals surface area contributed by atoms with E-state index >= 15 is 0 Å². The number of carbonyl (C=O) groups is 1. The van der Waals surface area contributed by atoms with Crippen molar-refractivity contribution in [3.05, 3.63) is 51.6 Å². The predicted molar refractivity (Wildman–Crippen MR) is 78.2 cm³/mol. The van der Waals surface area contributed by atoms with Gasteiger partial charge in [0, 0.05) is 30.8 Å². The summed E-state index contributed by atoms with van der Waals surface area (Å²) in [6, 6.07) is 5.59. The lowest BCUT2D eigenvalue weighted by atomic mass is 10.1. The standard InChI is InChI=1S/C13H15N3O3.ClH/c17-13(15-9-10-5-7-14-8-6-10)11-1-3-12(4-2-11)16(18)19;/h1-5,14H,6-9H2,(H,15,17);1H. The number of nitro benzene ring substituents is 1. The number of amides is 1. The summed E-state index contributed by atoms with van der Waals surface area (Å²) in [6.45, 7) is 2.29. The summed E-state index contributed by atoms with van der Waals surface area (Å²) in [6.07, 6.45) is 3.00. The molecule has 0 fully saturated rings. The first kappa shape index (κ1) is 16.1. The third-order valence-electron chi connectivity index (χ3n) is 2.97. The highest BCUT2D eigenvalue weighted by Gasteiger charge is 2.10. The van der Waals surface area contributed by atoms with E-state index in [-0.39, 0.29) is 24.0 Å². The molecule has 1 aromatic carbocycles. The van der Waals surface area contributed by atoms with Gasteiger partial charge in [0.05, 0.1) is 4.92 Å². The smallest absolute Gasteiger partial charge is 0.269 e. The number of non-ortho nitro benzene ring substituents is 1. The van der Waals surface area contributed by atoms with Crippen molar-refractivity contribution < 1.29 is 9.72 Å². The van der Waals surface area contributed by atoms with Crippen molar-refractivity contribution >= 4 is 24.0 Å². The van der Waals surface area contributed by atoms with Crippen LogP contribution in [0.3, 0.4) is 0 Å². The van der Waals surface area contributed by atoms with Gasteiger partial charge in [-0.1, -0.05) is 11.6 Å². The monoisotopic (exact) mass is 297 g/mol. The molecule has 0 bridgehead atoms. The molecule has 20 heavy (non-hydrogen) atoms. The second-order valence-corrected chi connectivity index (χ2v) is 4.30. The van der Waals surface area contributed by atoms with Crippen LogP contribution >= 0.6 is 12.4 Å². The summed E-state index contributed by atoms with van der Waals surface area (Å²) in [5, 5.41) is 16.5. The van der Waals surface area contributed by atoms with Gasteiger partial charge in [-0.25, -0.2) is 0 Å². The summed E-state index contributed by atoms with van der Waals surface area (Å²) in [7, 11) is 0. The molecule has 1 aliphatic rings. The fourth-order valence-electron chi connectivity index (χ4n) is 1.86. The van der Waals surface area contributed by atoms with Crippen LogP contribution in [0.4, 0.5) is 5.69 Å². The van der Waals surface area contributed by atoms with Crippen LogP contribution in [-0.4, -0.2) is 30.5 Å². The van der Waals surface area contributed by atoms with Crippen molar-refractivity contribution in [1.29, 1.82) is 0 Å². The average molecular weight is 298 g/mol. The zero-order chi connectivity index (χ0) is 13.7. The average Bonchev–Trinajstić information content (AvgIpc) is 2.46. The van der Waals surface area contributed by atoms with Gasteiger partial charge in [0.25, 0.3) is 11.6 Å². The Balaban J connectivity index is 0.00000200. The molecule has 108 valence electrons. The molecule has 0 unspecified atom stereocenters. The van der Waals surface area contributed by atoms with E-state index in [9.17, 15) is 14.9 Å². The first-order valence-corrected chi connectivity index (χ1v) is 6.08. The van der Waals surface area contributed by atoms with Gasteiger partial charge in [0.2, 0.25) is 0 Å². The summed E-state index contributed by atoms with van der Waals surface area (Å²) < 4.78 is 0. The molecule has 0 saturated carbocycles. The molecule has 1 aromatic rings. The van der Waals surface area contributed by atoms with E-state index in [1.165, 1.54) is 29.8 Å². The first-order chi connectivity index (χ1) is 9.16. The minimum Gasteiger partial charge on any atom is -0.348 e. The number of benzene rings is 1. The normalized spacial score (nSPS) is 13.9. The number of hydrogen-bond donors (Lipinski definition) is 2. The van der Waals surface area contributed by atoms with Crippen LogP contribution in [0.25, 0.3) is 0 Å². The number of hydrogen-bond acceptors (Lipinski definition) is 4. The van der Waals surface area contributed by atoms with Gasteiger partial charge in [-0.2, -0.15) is 0 Å². The van der Waals surface area contributed by atoms with Crippen LogP contribution in [0.15, 0.2) is 35.9 Å². The quantitative estimate of drug-likeness (QED) is 0.503. The molecule has 0 aromatic heterocycles. The third-order valence-corrected chi connectivity index (χ3v) is 2.97. The van der Waals surface area contributed by atoms with Gasteiger partial charge in [0.15, 0.2) is 0 Å². The topological polar surface area (TPSA) is 84.3 Å². The van der Waals surface area contributed by atoms with E-state index in [1.54, 1.807) is 0 Å². The summed E-state index contributed by atoms with van der Waals surface area (Å²) in [5.74, 6) is -0.214. The van der Waals surface area contributed by atoms with E-state index < -0.39 is 4.92 Å². The van der Waals surface area contributed by atoms with E-state index in [0.29, 0.717) is 12.1 Å².